The van der Waals surface area contributed by atoms with Crippen LogP contribution in [0, 0.1) is 5.92 Å². The summed E-state index contributed by atoms with van der Waals surface area (Å²) in [5, 5.41) is 3.69. The van der Waals surface area contributed by atoms with E-state index in [9.17, 15) is 4.79 Å². The number of ether oxygens (including phenoxy) is 1. The van der Waals surface area contributed by atoms with Crippen molar-refractivity contribution in [2.24, 2.45) is 5.92 Å². The van der Waals surface area contributed by atoms with Gasteiger partial charge in [-0.05, 0) is 88.8 Å². The average Bonchev–Trinajstić information content (AvgIpc) is 2.60. The van der Waals surface area contributed by atoms with E-state index in [1.54, 1.807) is 0 Å². The van der Waals surface area contributed by atoms with Crippen LogP contribution >= 0.6 is 0 Å². The molecule has 1 aliphatic heterocycles. The van der Waals surface area contributed by atoms with Gasteiger partial charge in [0.2, 0.25) is 0 Å². The molecule has 2 aromatic rings. The van der Waals surface area contributed by atoms with E-state index < -0.39 is 0 Å². The third-order valence-corrected chi connectivity index (χ3v) is 5.51. The second-order valence-electron chi connectivity index (χ2n) is 9.38. The second-order valence-corrected chi connectivity index (χ2v) is 9.38. The van der Waals surface area contributed by atoms with Crippen LogP contribution in [0.1, 0.15) is 69.8 Å². The Kier molecular flexibility index (Phi) is 5.95. The van der Waals surface area contributed by atoms with Crippen LogP contribution in [0.3, 0.4) is 0 Å². The fourth-order valence-corrected chi connectivity index (χ4v) is 4.79. The molecule has 0 aromatic heterocycles. The molecule has 2 aromatic carbocycles. The lowest BCUT2D eigenvalue weighted by molar-refractivity contribution is 0.0864. The molecule has 3 nitrogen and oxygen atoms in total. The topological polar surface area (TPSA) is 38.3 Å². The first-order valence-electron chi connectivity index (χ1n) is 10.4. The first-order valence-corrected chi connectivity index (χ1v) is 10.4. The Labute approximate surface area is 169 Å². The van der Waals surface area contributed by atoms with Crippen LogP contribution in [0.15, 0.2) is 48.5 Å². The van der Waals surface area contributed by atoms with Crippen molar-refractivity contribution in [2.75, 3.05) is 0 Å². The number of para-hydroxylation sites is 1. The van der Waals surface area contributed by atoms with Crippen molar-refractivity contribution in [3.63, 3.8) is 0 Å². The van der Waals surface area contributed by atoms with Gasteiger partial charge in [0.1, 0.15) is 11.5 Å². The summed E-state index contributed by atoms with van der Waals surface area (Å²) in [5.74, 6) is 2.27. The van der Waals surface area contributed by atoms with Crippen LogP contribution in [0.2, 0.25) is 0 Å². The van der Waals surface area contributed by atoms with Gasteiger partial charge in [-0.2, -0.15) is 0 Å². The van der Waals surface area contributed by atoms with Crippen molar-refractivity contribution in [3.05, 3.63) is 59.7 Å². The molecule has 0 unspecified atom stereocenters. The number of hydrogen-bond donors (Lipinski definition) is 1. The van der Waals surface area contributed by atoms with Gasteiger partial charge in [-0.3, -0.25) is 4.79 Å². The summed E-state index contributed by atoms with van der Waals surface area (Å²) in [7, 11) is 0. The molecule has 1 saturated heterocycles. The summed E-state index contributed by atoms with van der Waals surface area (Å²) in [5.41, 5.74) is 2.08. The fraction of sp³-hybridized carbons (Fsp3) is 0.480. The summed E-state index contributed by atoms with van der Waals surface area (Å²) in [4.78, 5) is 12.8. The van der Waals surface area contributed by atoms with Crippen molar-refractivity contribution in [1.82, 2.24) is 5.32 Å². The van der Waals surface area contributed by atoms with Crippen LogP contribution in [-0.4, -0.2) is 16.9 Å². The monoisotopic (exact) mass is 379 g/mol. The maximum Gasteiger partial charge on any atom is 0.163 e. The highest BCUT2D eigenvalue weighted by Crippen LogP contribution is 2.35. The van der Waals surface area contributed by atoms with Crippen LogP contribution < -0.4 is 10.1 Å². The highest BCUT2D eigenvalue weighted by atomic mass is 16.5. The number of carbonyl (C=O) groups excluding carboxylic acids is 1. The van der Waals surface area contributed by atoms with Gasteiger partial charge >= 0.3 is 0 Å². The van der Waals surface area contributed by atoms with E-state index in [0.717, 1.165) is 36.3 Å². The Morgan fingerprint density at radius 3 is 2.21 bits per heavy atom. The van der Waals surface area contributed by atoms with E-state index in [1.165, 1.54) is 5.56 Å². The standard InChI is InChI=1S/C25H33NO2/c1-6-19-9-7-8-10-23(19)28-21-13-11-20(12-14-21)22(27)15-18-16-24(2,3)26-25(4,5)17-18/h7-14,18,26H,6,15-17H2,1-5H3. The van der Waals surface area contributed by atoms with Gasteiger partial charge in [0, 0.05) is 23.1 Å². The molecule has 150 valence electrons. The third kappa shape index (κ3) is 5.23. The van der Waals surface area contributed by atoms with Gasteiger partial charge in [-0.25, -0.2) is 0 Å². The minimum absolute atomic E-state index is 0.0665. The minimum atomic E-state index is 0.0665. The maximum absolute atomic E-state index is 12.8. The number of rotatable bonds is 6. The fourth-order valence-electron chi connectivity index (χ4n) is 4.79. The maximum atomic E-state index is 12.8. The van der Waals surface area contributed by atoms with Crippen molar-refractivity contribution in [1.29, 1.82) is 0 Å². The number of piperidine rings is 1. The summed E-state index contributed by atoms with van der Waals surface area (Å²) >= 11 is 0. The van der Waals surface area contributed by atoms with Gasteiger partial charge in [0.05, 0.1) is 0 Å². The lowest BCUT2D eigenvalue weighted by Gasteiger charge is -2.46. The molecule has 1 N–H and O–H groups in total. The molecule has 0 radical (unpaired) electrons. The third-order valence-electron chi connectivity index (χ3n) is 5.51. The molecular formula is C25H33NO2. The molecule has 0 atom stereocenters. The Morgan fingerprint density at radius 1 is 1.00 bits per heavy atom. The molecule has 0 aliphatic carbocycles. The molecule has 3 rings (SSSR count). The Morgan fingerprint density at radius 2 is 1.61 bits per heavy atom. The second kappa shape index (κ2) is 8.08. The van der Waals surface area contributed by atoms with Gasteiger partial charge in [0.25, 0.3) is 0 Å². The largest absolute Gasteiger partial charge is 0.457 e. The number of benzene rings is 2. The Balaban J connectivity index is 1.65. The quantitative estimate of drug-likeness (QED) is 0.610. The smallest absolute Gasteiger partial charge is 0.163 e. The zero-order chi connectivity index (χ0) is 20.4. The van der Waals surface area contributed by atoms with Crippen molar-refractivity contribution in [3.8, 4) is 11.5 Å². The van der Waals surface area contributed by atoms with E-state index in [2.05, 4.69) is 46.0 Å². The number of carbonyl (C=O) groups is 1. The molecule has 1 aliphatic rings. The molecule has 1 fully saturated rings. The Bertz CT molecular complexity index is 805. The molecule has 1 heterocycles. The van der Waals surface area contributed by atoms with Crippen LogP contribution in [0.5, 0.6) is 11.5 Å². The summed E-state index contributed by atoms with van der Waals surface area (Å²) in [6, 6.07) is 15.7. The summed E-state index contributed by atoms with van der Waals surface area (Å²) < 4.78 is 6.02. The number of Topliss-reactive ketones (excluding diaryl/α,β-unsaturated/α-hetero) is 1. The van der Waals surface area contributed by atoms with Crippen LogP contribution in [0.4, 0.5) is 0 Å². The molecule has 0 bridgehead atoms. The summed E-state index contributed by atoms with van der Waals surface area (Å²) in [6.07, 6.45) is 3.58. The number of aryl methyl sites for hydroxylation is 1. The molecule has 3 heteroatoms. The first-order chi connectivity index (χ1) is 13.2. The van der Waals surface area contributed by atoms with Crippen molar-refractivity contribution >= 4 is 5.78 Å². The van der Waals surface area contributed by atoms with Gasteiger partial charge in [-0.15, -0.1) is 0 Å². The normalized spacial score (nSPS) is 18.6. The van der Waals surface area contributed by atoms with E-state index in [-0.39, 0.29) is 16.9 Å². The number of hydrogen-bond acceptors (Lipinski definition) is 3. The van der Waals surface area contributed by atoms with Crippen molar-refractivity contribution < 1.29 is 9.53 Å². The van der Waals surface area contributed by atoms with E-state index in [0.29, 0.717) is 12.3 Å². The lowest BCUT2D eigenvalue weighted by Crippen LogP contribution is -2.57. The predicted molar refractivity (Wildman–Crippen MR) is 115 cm³/mol. The van der Waals surface area contributed by atoms with Crippen LogP contribution in [0.25, 0.3) is 0 Å². The van der Waals surface area contributed by atoms with Gasteiger partial charge < -0.3 is 10.1 Å². The predicted octanol–water partition coefficient (Wildman–Crippen LogP) is 6.17. The number of nitrogens with one attached hydrogen (secondary N) is 1. The Hall–Kier alpha value is -2.13. The lowest BCUT2D eigenvalue weighted by atomic mass is 9.74. The SMILES string of the molecule is CCc1ccccc1Oc1ccc(C(=O)CC2CC(C)(C)NC(C)(C)C2)cc1. The molecule has 0 amide bonds. The first kappa shape index (κ1) is 20.6. The highest BCUT2D eigenvalue weighted by Gasteiger charge is 2.38. The molecular weight excluding hydrogens is 346 g/mol. The zero-order valence-corrected chi connectivity index (χ0v) is 17.8. The average molecular weight is 380 g/mol. The molecule has 28 heavy (non-hydrogen) atoms. The van der Waals surface area contributed by atoms with Crippen LogP contribution in [-0.2, 0) is 6.42 Å². The zero-order valence-electron chi connectivity index (χ0n) is 17.8. The summed E-state index contributed by atoms with van der Waals surface area (Å²) in [6.45, 7) is 11.0. The van der Waals surface area contributed by atoms with E-state index in [4.69, 9.17) is 4.74 Å². The number of ketones is 1. The molecule has 0 spiro atoms. The van der Waals surface area contributed by atoms with Gasteiger partial charge in [0.15, 0.2) is 5.78 Å². The van der Waals surface area contributed by atoms with E-state index in [1.807, 2.05) is 42.5 Å². The highest BCUT2D eigenvalue weighted by molar-refractivity contribution is 5.96. The van der Waals surface area contributed by atoms with Crippen molar-refractivity contribution in [2.45, 2.75) is 71.4 Å². The van der Waals surface area contributed by atoms with E-state index >= 15 is 0 Å². The van der Waals surface area contributed by atoms with Gasteiger partial charge in [-0.1, -0.05) is 25.1 Å². The molecule has 0 saturated carbocycles. The minimum Gasteiger partial charge on any atom is -0.457 e.